The molecule has 5 heteroatoms. The van der Waals surface area contributed by atoms with Gasteiger partial charge in [0.15, 0.2) is 5.82 Å². The second kappa shape index (κ2) is 8.69. The van der Waals surface area contributed by atoms with Gasteiger partial charge < -0.3 is 11.1 Å². The number of hydrogen-bond donors (Lipinski definition) is 3. The maximum absolute atomic E-state index is 11.6. The molecule has 0 bridgehead atoms. The topological polar surface area (TPSA) is 83.8 Å². The van der Waals surface area contributed by atoms with Crippen molar-refractivity contribution in [2.45, 2.75) is 51.9 Å². The lowest BCUT2D eigenvalue weighted by molar-refractivity contribution is -0.116. The van der Waals surface area contributed by atoms with E-state index in [2.05, 4.69) is 22.4 Å². The third-order valence-corrected chi connectivity index (χ3v) is 2.78. The average molecular weight is 252 g/mol. The normalized spacial score (nSPS) is 10.6. The van der Waals surface area contributed by atoms with Gasteiger partial charge in [-0.05, 0) is 25.8 Å². The Labute approximate surface area is 109 Å². The minimum atomic E-state index is 0.0392. The summed E-state index contributed by atoms with van der Waals surface area (Å²) in [6.45, 7) is 2.85. The summed E-state index contributed by atoms with van der Waals surface area (Å²) >= 11 is 0. The van der Waals surface area contributed by atoms with Crippen LogP contribution in [0.3, 0.4) is 0 Å². The van der Waals surface area contributed by atoms with Crippen LogP contribution in [0.5, 0.6) is 0 Å². The van der Waals surface area contributed by atoms with E-state index in [0.717, 1.165) is 50.8 Å². The Morgan fingerprint density at radius 3 is 2.89 bits per heavy atom. The van der Waals surface area contributed by atoms with Crippen molar-refractivity contribution in [1.29, 1.82) is 0 Å². The highest BCUT2D eigenvalue weighted by Crippen LogP contribution is 2.09. The highest BCUT2D eigenvalue weighted by Gasteiger charge is 2.05. The second-order valence-electron chi connectivity index (χ2n) is 4.53. The first kappa shape index (κ1) is 14.7. The van der Waals surface area contributed by atoms with Gasteiger partial charge in [0, 0.05) is 18.2 Å². The maximum atomic E-state index is 11.6. The van der Waals surface area contributed by atoms with Crippen LogP contribution >= 0.6 is 0 Å². The number of nitrogens with zero attached hydrogens (tertiary/aromatic N) is 1. The van der Waals surface area contributed by atoms with Crippen molar-refractivity contribution in [2.75, 3.05) is 11.9 Å². The Bertz CT molecular complexity index is 349. The zero-order chi connectivity index (χ0) is 13.2. The second-order valence-corrected chi connectivity index (χ2v) is 4.53. The summed E-state index contributed by atoms with van der Waals surface area (Å²) in [4.78, 5) is 11.6. The van der Waals surface area contributed by atoms with E-state index in [-0.39, 0.29) is 5.91 Å². The number of nitrogens with two attached hydrogens (primary N) is 1. The van der Waals surface area contributed by atoms with Crippen molar-refractivity contribution < 1.29 is 4.79 Å². The Morgan fingerprint density at radius 2 is 2.17 bits per heavy atom. The van der Waals surface area contributed by atoms with Crippen molar-refractivity contribution >= 4 is 11.7 Å². The van der Waals surface area contributed by atoms with Gasteiger partial charge in [0.25, 0.3) is 0 Å². The van der Waals surface area contributed by atoms with E-state index in [1.54, 1.807) is 0 Å². The lowest BCUT2D eigenvalue weighted by Gasteiger charge is -2.01. The van der Waals surface area contributed by atoms with Gasteiger partial charge in [-0.2, -0.15) is 5.10 Å². The zero-order valence-electron chi connectivity index (χ0n) is 11.2. The number of H-pyrrole nitrogens is 1. The van der Waals surface area contributed by atoms with Crippen LogP contribution in [0.4, 0.5) is 5.82 Å². The lowest BCUT2D eigenvalue weighted by atomic mass is 10.1. The standard InChI is InChI=1S/C13H24N4O/c1-2-7-11-10-12(17-16-11)15-13(18)8-5-3-4-6-9-14/h10H,2-9,14H2,1H3,(H2,15,16,17,18). The third-order valence-electron chi connectivity index (χ3n) is 2.78. The molecule has 1 amide bonds. The summed E-state index contributed by atoms with van der Waals surface area (Å²) in [5.74, 6) is 0.669. The molecule has 1 rings (SSSR count). The molecular weight excluding hydrogens is 228 g/mol. The number of aryl methyl sites for hydroxylation is 1. The number of anilines is 1. The molecule has 0 spiro atoms. The van der Waals surface area contributed by atoms with Gasteiger partial charge in [0.05, 0.1) is 0 Å². The van der Waals surface area contributed by atoms with Crippen LogP contribution in [0.25, 0.3) is 0 Å². The van der Waals surface area contributed by atoms with Crippen LogP contribution in [0, 0.1) is 0 Å². The summed E-state index contributed by atoms with van der Waals surface area (Å²) in [7, 11) is 0. The molecule has 0 aliphatic heterocycles. The molecule has 1 aromatic rings. The van der Waals surface area contributed by atoms with Gasteiger partial charge in [-0.25, -0.2) is 0 Å². The molecule has 0 saturated carbocycles. The maximum Gasteiger partial charge on any atom is 0.225 e. The van der Waals surface area contributed by atoms with Crippen molar-refractivity contribution in [2.24, 2.45) is 5.73 Å². The number of aromatic nitrogens is 2. The summed E-state index contributed by atoms with van der Waals surface area (Å²) in [5, 5.41) is 9.78. The number of amides is 1. The minimum absolute atomic E-state index is 0.0392. The number of carbonyl (C=O) groups is 1. The predicted octanol–water partition coefficient (Wildman–Crippen LogP) is 2.21. The van der Waals surface area contributed by atoms with Gasteiger partial charge in [-0.3, -0.25) is 9.89 Å². The van der Waals surface area contributed by atoms with E-state index in [0.29, 0.717) is 12.2 Å². The molecule has 0 radical (unpaired) electrons. The highest BCUT2D eigenvalue weighted by atomic mass is 16.1. The molecule has 0 saturated heterocycles. The average Bonchev–Trinajstić information content (AvgIpc) is 2.77. The van der Waals surface area contributed by atoms with E-state index in [9.17, 15) is 4.79 Å². The van der Waals surface area contributed by atoms with E-state index in [1.807, 2.05) is 6.07 Å². The van der Waals surface area contributed by atoms with E-state index in [1.165, 1.54) is 0 Å². The Kier molecular flexibility index (Phi) is 7.10. The Morgan fingerprint density at radius 1 is 1.39 bits per heavy atom. The molecule has 0 aliphatic carbocycles. The lowest BCUT2D eigenvalue weighted by Crippen LogP contribution is -2.11. The fourth-order valence-corrected chi connectivity index (χ4v) is 1.81. The fraction of sp³-hybridized carbons (Fsp3) is 0.692. The van der Waals surface area contributed by atoms with Crippen LogP contribution in [-0.4, -0.2) is 22.6 Å². The van der Waals surface area contributed by atoms with E-state index in [4.69, 9.17) is 5.73 Å². The number of rotatable bonds is 9. The molecule has 1 aromatic heterocycles. The van der Waals surface area contributed by atoms with Gasteiger partial charge in [-0.1, -0.05) is 26.2 Å². The van der Waals surface area contributed by atoms with Gasteiger partial charge in [-0.15, -0.1) is 0 Å². The molecular formula is C13H24N4O. The zero-order valence-corrected chi connectivity index (χ0v) is 11.2. The number of carbonyl (C=O) groups excluding carboxylic acids is 1. The van der Waals surface area contributed by atoms with Crippen LogP contribution in [0.1, 0.15) is 51.1 Å². The first-order chi connectivity index (χ1) is 8.76. The molecule has 0 atom stereocenters. The molecule has 18 heavy (non-hydrogen) atoms. The van der Waals surface area contributed by atoms with Crippen LogP contribution in [-0.2, 0) is 11.2 Å². The van der Waals surface area contributed by atoms with Gasteiger partial charge in [0.2, 0.25) is 5.91 Å². The summed E-state index contributed by atoms with van der Waals surface area (Å²) in [6.07, 6.45) is 6.71. The number of unbranched alkanes of at least 4 members (excludes halogenated alkanes) is 3. The first-order valence-corrected chi connectivity index (χ1v) is 6.80. The Balaban J connectivity index is 2.18. The summed E-state index contributed by atoms with van der Waals surface area (Å²) < 4.78 is 0. The highest BCUT2D eigenvalue weighted by molar-refractivity contribution is 5.89. The minimum Gasteiger partial charge on any atom is -0.330 e. The summed E-state index contributed by atoms with van der Waals surface area (Å²) in [6, 6.07) is 1.90. The fourth-order valence-electron chi connectivity index (χ4n) is 1.81. The molecule has 0 unspecified atom stereocenters. The SMILES string of the molecule is CCCc1cc(NC(=O)CCCCCCN)n[nH]1. The van der Waals surface area contributed by atoms with Crippen molar-refractivity contribution in [3.63, 3.8) is 0 Å². The van der Waals surface area contributed by atoms with Crippen LogP contribution in [0.2, 0.25) is 0 Å². The Hall–Kier alpha value is -1.36. The molecule has 1 heterocycles. The van der Waals surface area contributed by atoms with Crippen molar-refractivity contribution in [1.82, 2.24) is 10.2 Å². The first-order valence-electron chi connectivity index (χ1n) is 6.80. The number of aromatic amines is 1. The van der Waals surface area contributed by atoms with Crippen LogP contribution in [0.15, 0.2) is 6.07 Å². The van der Waals surface area contributed by atoms with E-state index < -0.39 is 0 Å². The largest absolute Gasteiger partial charge is 0.330 e. The van der Waals surface area contributed by atoms with Crippen molar-refractivity contribution in [3.8, 4) is 0 Å². The molecule has 0 aliphatic rings. The molecule has 102 valence electrons. The number of hydrogen-bond acceptors (Lipinski definition) is 3. The monoisotopic (exact) mass is 252 g/mol. The quantitative estimate of drug-likeness (QED) is 0.589. The molecule has 0 fully saturated rings. The predicted molar refractivity (Wildman–Crippen MR) is 73.4 cm³/mol. The molecule has 5 nitrogen and oxygen atoms in total. The third kappa shape index (κ3) is 5.82. The number of nitrogens with one attached hydrogen (secondary N) is 2. The molecule has 0 aromatic carbocycles. The van der Waals surface area contributed by atoms with Gasteiger partial charge >= 0.3 is 0 Å². The molecule has 4 N–H and O–H groups in total. The summed E-state index contributed by atoms with van der Waals surface area (Å²) in [5.41, 5.74) is 6.47. The smallest absolute Gasteiger partial charge is 0.225 e. The van der Waals surface area contributed by atoms with Crippen molar-refractivity contribution in [3.05, 3.63) is 11.8 Å². The van der Waals surface area contributed by atoms with Crippen LogP contribution < -0.4 is 11.1 Å². The van der Waals surface area contributed by atoms with Gasteiger partial charge in [0.1, 0.15) is 0 Å². The van der Waals surface area contributed by atoms with E-state index >= 15 is 0 Å².